The van der Waals surface area contributed by atoms with E-state index >= 15 is 0 Å². The number of nitrogens with two attached hydrogens (primary N) is 1. The molecule has 1 aliphatic rings. The summed E-state index contributed by atoms with van der Waals surface area (Å²) in [5.74, 6) is 0.796. The van der Waals surface area contributed by atoms with Gasteiger partial charge in [-0.05, 0) is 12.5 Å². The van der Waals surface area contributed by atoms with Gasteiger partial charge in [0.25, 0.3) is 0 Å². The summed E-state index contributed by atoms with van der Waals surface area (Å²) in [6.07, 6.45) is 1.05. The fourth-order valence-corrected chi connectivity index (χ4v) is 2.82. The first kappa shape index (κ1) is 16.2. The van der Waals surface area contributed by atoms with Gasteiger partial charge in [0.2, 0.25) is 5.95 Å². The lowest BCUT2D eigenvalue weighted by atomic mass is 10.1. The first-order chi connectivity index (χ1) is 11.6. The van der Waals surface area contributed by atoms with Crippen molar-refractivity contribution in [3.63, 3.8) is 0 Å². The topological polar surface area (TPSA) is 151 Å². The van der Waals surface area contributed by atoms with Crippen LogP contribution < -0.4 is 10.6 Å². The van der Waals surface area contributed by atoms with E-state index in [1.165, 1.54) is 0 Å². The minimum atomic E-state index is -0.551. The Balaban J connectivity index is 2.06. The van der Waals surface area contributed by atoms with Gasteiger partial charge in [-0.25, -0.2) is 4.98 Å². The van der Waals surface area contributed by atoms with Gasteiger partial charge in [-0.15, -0.1) is 0 Å². The van der Waals surface area contributed by atoms with E-state index in [9.17, 15) is 5.11 Å². The number of aliphatic hydroxyl groups is 1. The number of nitrogen functional groups attached to an aromatic ring is 1. The molecule has 1 saturated heterocycles. The van der Waals surface area contributed by atoms with Crippen molar-refractivity contribution >= 4 is 22.9 Å². The van der Waals surface area contributed by atoms with Crippen LogP contribution in [0.1, 0.15) is 19.6 Å². The minimum absolute atomic E-state index is 0.149. The fourth-order valence-electron chi connectivity index (χ4n) is 2.82. The number of azide groups is 1. The van der Waals surface area contributed by atoms with E-state index in [0.717, 1.165) is 6.54 Å². The molecule has 2 aromatic rings. The number of hydrogen-bond donors (Lipinski definition) is 2. The molecule has 0 spiro atoms. The van der Waals surface area contributed by atoms with Crippen LogP contribution in [0.5, 0.6) is 0 Å². The first-order valence-electron chi connectivity index (χ1n) is 7.60. The lowest BCUT2D eigenvalue weighted by Gasteiger charge is -2.20. The van der Waals surface area contributed by atoms with Crippen molar-refractivity contribution in [1.29, 1.82) is 0 Å². The van der Waals surface area contributed by atoms with Gasteiger partial charge in [-0.3, -0.25) is 4.57 Å². The normalized spacial score (nSPS) is 23.4. The molecule has 3 heterocycles. The Morgan fingerprint density at radius 3 is 3.04 bits per heavy atom. The molecular weight excluding hydrogens is 314 g/mol. The molecule has 1 aliphatic heterocycles. The van der Waals surface area contributed by atoms with Gasteiger partial charge in [0.15, 0.2) is 11.5 Å². The Morgan fingerprint density at radius 2 is 2.38 bits per heavy atom. The highest BCUT2D eigenvalue weighted by Gasteiger charge is 2.36. The monoisotopic (exact) mass is 333 g/mol. The van der Waals surface area contributed by atoms with Crippen molar-refractivity contribution in [3.8, 4) is 0 Å². The molecule has 3 N–H and O–H groups in total. The zero-order valence-corrected chi connectivity index (χ0v) is 13.4. The zero-order chi connectivity index (χ0) is 17.3. The van der Waals surface area contributed by atoms with E-state index in [4.69, 9.17) is 16.0 Å². The van der Waals surface area contributed by atoms with Crippen LogP contribution in [-0.2, 0) is 4.74 Å². The Bertz CT molecular complexity index is 785. The third kappa shape index (κ3) is 2.68. The molecule has 2 aromatic heterocycles. The summed E-state index contributed by atoms with van der Waals surface area (Å²) in [5.41, 5.74) is 15.6. The van der Waals surface area contributed by atoms with Crippen LogP contribution in [0.25, 0.3) is 21.6 Å². The van der Waals surface area contributed by atoms with Crippen molar-refractivity contribution in [2.45, 2.75) is 31.7 Å². The second-order valence-electron chi connectivity index (χ2n) is 5.56. The Hall–Kier alpha value is -2.62. The van der Waals surface area contributed by atoms with Gasteiger partial charge < -0.3 is 20.5 Å². The molecule has 0 unspecified atom stereocenters. The number of hydrogen-bond acceptors (Lipinski definition) is 8. The lowest BCUT2D eigenvalue weighted by molar-refractivity contribution is -0.0230. The summed E-state index contributed by atoms with van der Waals surface area (Å²) < 4.78 is 7.63. The van der Waals surface area contributed by atoms with Crippen molar-refractivity contribution < 1.29 is 9.84 Å². The number of ether oxygens (including phenoxy) is 1. The highest BCUT2D eigenvalue weighted by Crippen LogP contribution is 2.35. The van der Waals surface area contributed by atoms with E-state index in [0.29, 0.717) is 23.4 Å². The van der Waals surface area contributed by atoms with E-state index < -0.39 is 18.4 Å². The molecule has 128 valence electrons. The van der Waals surface area contributed by atoms with Crippen molar-refractivity contribution in [3.05, 3.63) is 16.8 Å². The molecule has 3 rings (SSSR count). The number of anilines is 2. The second kappa shape index (κ2) is 6.48. The molecule has 3 atom stereocenters. The number of imidazole rings is 1. The van der Waals surface area contributed by atoms with E-state index in [1.807, 2.05) is 18.9 Å². The molecular formula is C13H19N9O2. The maximum Gasteiger partial charge on any atom is 0.224 e. The van der Waals surface area contributed by atoms with Crippen LogP contribution in [0.2, 0.25) is 0 Å². The van der Waals surface area contributed by atoms with Crippen LogP contribution >= 0.6 is 0 Å². The van der Waals surface area contributed by atoms with Gasteiger partial charge >= 0.3 is 0 Å². The average molecular weight is 333 g/mol. The first-order valence-corrected chi connectivity index (χ1v) is 7.60. The number of aromatic nitrogens is 4. The standard InChI is InChI=1S/C13H19N9O2/c1-3-21(2)12-10-11(17-13(14)18-12)16-6-22(10)9-4-7(19-20-15)8(5-23)24-9/h6-9,23H,3-5H2,1-2H3,(H2,14,17,18)/t7-,8+,9+/m0/s1. The maximum atomic E-state index is 9.43. The predicted molar refractivity (Wildman–Crippen MR) is 87.2 cm³/mol. The molecule has 0 aliphatic carbocycles. The van der Waals surface area contributed by atoms with Crippen LogP contribution in [0.15, 0.2) is 11.4 Å². The Morgan fingerprint density at radius 1 is 1.58 bits per heavy atom. The summed E-state index contributed by atoms with van der Waals surface area (Å²) in [7, 11) is 1.90. The SMILES string of the molecule is CCN(C)c1nc(N)nc2ncn([C@H]3C[C@H](N=[N+]=[N-])[C@@H](CO)O3)c12. The Kier molecular flexibility index (Phi) is 4.38. The molecule has 0 bridgehead atoms. The summed E-state index contributed by atoms with van der Waals surface area (Å²) >= 11 is 0. The number of fused-ring (bicyclic) bond motifs is 1. The highest BCUT2D eigenvalue weighted by atomic mass is 16.5. The molecule has 24 heavy (non-hydrogen) atoms. The highest BCUT2D eigenvalue weighted by molar-refractivity contribution is 5.85. The summed E-state index contributed by atoms with van der Waals surface area (Å²) in [6.45, 7) is 2.50. The number of aliphatic hydroxyl groups excluding tert-OH is 1. The lowest BCUT2D eigenvalue weighted by Crippen LogP contribution is -2.23. The smallest absolute Gasteiger partial charge is 0.224 e. The third-order valence-corrected chi connectivity index (χ3v) is 4.16. The predicted octanol–water partition coefficient (Wildman–Crippen LogP) is 0.823. The Labute approximate surface area is 137 Å². The van der Waals surface area contributed by atoms with Crippen molar-refractivity contribution in [1.82, 2.24) is 19.5 Å². The fraction of sp³-hybridized carbons (Fsp3) is 0.615. The molecule has 0 aromatic carbocycles. The molecule has 0 saturated carbocycles. The average Bonchev–Trinajstić information content (AvgIpc) is 3.17. The summed E-state index contributed by atoms with van der Waals surface area (Å²) in [6, 6.07) is -0.440. The van der Waals surface area contributed by atoms with Gasteiger partial charge in [-0.1, -0.05) is 5.11 Å². The van der Waals surface area contributed by atoms with Gasteiger partial charge in [0.05, 0.1) is 25.1 Å². The molecule has 0 radical (unpaired) electrons. The van der Waals surface area contributed by atoms with E-state index in [-0.39, 0.29) is 12.6 Å². The van der Waals surface area contributed by atoms with Gasteiger partial charge in [0, 0.05) is 24.9 Å². The van der Waals surface area contributed by atoms with Gasteiger partial charge in [0.1, 0.15) is 11.7 Å². The van der Waals surface area contributed by atoms with E-state index in [2.05, 4.69) is 25.0 Å². The van der Waals surface area contributed by atoms with Crippen LogP contribution in [0.4, 0.5) is 11.8 Å². The number of rotatable bonds is 5. The molecule has 11 nitrogen and oxygen atoms in total. The van der Waals surface area contributed by atoms with E-state index in [1.54, 1.807) is 10.9 Å². The number of nitrogens with zero attached hydrogens (tertiary/aromatic N) is 8. The third-order valence-electron chi connectivity index (χ3n) is 4.16. The van der Waals surface area contributed by atoms with Crippen molar-refractivity contribution in [2.24, 2.45) is 5.11 Å². The van der Waals surface area contributed by atoms with Crippen LogP contribution in [-0.4, -0.2) is 57.0 Å². The molecule has 1 fully saturated rings. The van der Waals surface area contributed by atoms with Crippen molar-refractivity contribution in [2.75, 3.05) is 30.8 Å². The summed E-state index contributed by atoms with van der Waals surface area (Å²) in [5, 5.41) is 13.1. The molecule has 0 amide bonds. The largest absolute Gasteiger partial charge is 0.394 e. The second-order valence-corrected chi connectivity index (χ2v) is 5.56. The summed E-state index contributed by atoms with van der Waals surface area (Å²) in [4.78, 5) is 17.5. The zero-order valence-electron chi connectivity index (χ0n) is 13.4. The maximum absolute atomic E-state index is 9.43. The minimum Gasteiger partial charge on any atom is -0.394 e. The van der Waals surface area contributed by atoms with Crippen LogP contribution in [0, 0.1) is 0 Å². The van der Waals surface area contributed by atoms with Crippen LogP contribution in [0.3, 0.4) is 0 Å². The van der Waals surface area contributed by atoms with Gasteiger partial charge in [-0.2, -0.15) is 9.97 Å². The molecule has 11 heteroatoms. The quantitative estimate of drug-likeness (QED) is 0.467.